The zero-order chi connectivity index (χ0) is 22.9. The molecule has 0 atom stereocenters. The number of rotatable bonds is 6. The van der Waals surface area contributed by atoms with Gasteiger partial charge in [0.25, 0.3) is 0 Å². The van der Waals surface area contributed by atoms with E-state index in [4.69, 9.17) is 0 Å². The minimum Gasteiger partial charge on any atom is -0.341 e. The van der Waals surface area contributed by atoms with Crippen molar-refractivity contribution in [1.82, 2.24) is 24.1 Å². The fraction of sp³-hybridized carbons (Fsp3) is 0.333. The van der Waals surface area contributed by atoms with Gasteiger partial charge in [-0.2, -0.15) is 0 Å². The van der Waals surface area contributed by atoms with E-state index in [0.29, 0.717) is 10.9 Å². The predicted molar refractivity (Wildman–Crippen MR) is 130 cm³/mol. The van der Waals surface area contributed by atoms with Crippen molar-refractivity contribution in [3.8, 4) is 0 Å². The maximum atomic E-state index is 12.8. The number of aromatic nitrogens is 4. The van der Waals surface area contributed by atoms with E-state index in [1.54, 1.807) is 0 Å². The van der Waals surface area contributed by atoms with Crippen molar-refractivity contribution in [2.45, 2.75) is 38.4 Å². The third-order valence-electron chi connectivity index (χ3n) is 6.23. The van der Waals surface area contributed by atoms with Crippen molar-refractivity contribution in [3.63, 3.8) is 0 Å². The number of fused-ring (bicyclic) bond motifs is 3. The molecule has 0 aliphatic carbocycles. The summed E-state index contributed by atoms with van der Waals surface area (Å²) in [5.74, 6) is 0.820. The summed E-state index contributed by atoms with van der Waals surface area (Å²) in [5, 5.41) is 12.3. The Bertz CT molecular complexity index is 1350. The molecule has 1 N–H and O–H groups in total. The topological polar surface area (TPSA) is 84.5 Å². The lowest BCUT2D eigenvalue weighted by Crippen LogP contribution is -2.31. The number of aryl methyl sites for hydroxylation is 1. The van der Waals surface area contributed by atoms with E-state index in [-0.39, 0.29) is 24.1 Å². The fourth-order valence-corrected chi connectivity index (χ4v) is 5.03. The number of imidazole rings is 1. The second kappa shape index (κ2) is 8.90. The van der Waals surface area contributed by atoms with Crippen molar-refractivity contribution in [1.29, 1.82) is 0 Å². The average Bonchev–Trinajstić information content (AvgIpc) is 3.54. The maximum Gasteiger partial charge on any atom is 0.242 e. The molecule has 0 saturated carbocycles. The number of anilines is 1. The molecule has 0 unspecified atom stereocenters. The van der Waals surface area contributed by atoms with Crippen molar-refractivity contribution < 1.29 is 9.59 Å². The van der Waals surface area contributed by atoms with Crippen LogP contribution in [0.25, 0.3) is 16.8 Å². The number of hydrogen-bond donors (Lipinski definition) is 1. The zero-order valence-electron chi connectivity index (χ0n) is 18.7. The van der Waals surface area contributed by atoms with Crippen LogP contribution in [0.3, 0.4) is 0 Å². The molecule has 2 amide bonds. The van der Waals surface area contributed by atoms with Crippen LogP contribution < -0.4 is 5.32 Å². The molecule has 8 nitrogen and oxygen atoms in total. The molecule has 33 heavy (non-hydrogen) atoms. The molecule has 1 aliphatic heterocycles. The number of carbonyl (C=O) groups is 2. The van der Waals surface area contributed by atoms with Crippen molar-refractivity contribution >= 4 is 46.1 Å². The van der Waals surface area contributed by atoms with E-state index >= 15 is 0 Å². The van der Waals surface area contributed by atoms with Gasteiger partial charge in [-0.05, 0) is 56.0 Å². The predicted octanol–water partition coefficient (Wildman–Crippen LogP) is 3.65. The van der Waals surface area contributed by atoms with Crippen LogP contribution in [-0.2, 0) is 16.1 Å². The van der Waals surface area contributed by atoms with Gasteiger partial charge in [0.15, 0.2) is 5.16 Å². The van der Waals surface area contributed by atoms with Crippen molar-refractivity contribution in [3.05, 3.63) is 53.6 Å². The van der Waals surface area contributed by atoms with E-state index in [1.165, 1.54) is 11.8 Å². The van der Waals surface area contributed by atoms with E-state index < -0.39 is 0 Å². The van der Waals surface area contributed by atoms with Gasteiger partial charge in [-0.1, -0.05) is 36.0 Å². The zero-order valence-corrected chi connectivity index (χ0v) is 19.6. The summed E-state index contributed by atoms with van der Waals surface area (Å²) in [7, 11) is 0. The summed E-state index contributed by atoms with van der Waals surface area (Å²) in [6, 6.07) is 13.8. The Kier molecular flexibility index (Phi) is 5.80. The number of carbonyl (C=O) groups excluding carboxylic acids is 2. The molecule has 9 heteroatoms. The molecule has 1 saturated heterocycles. The van der Waals surface area contributed by atoms with Crippen molar-refractivity contribution in [2.75, 3.05) is 24.2 Å². The van der Waals surface area contributed by atoms with Crippen molar-refractivity contribution in [2.24, 2.45) is 0 Å². The van der Waals surface area contributed by atoms with Gasteiger partial charge >= 0.3 is 0 Å². The highest BCUT2D eigenvalue weighted by atomic mass is 32.2. The first-order valence-corrected chi connectivity index (χ1v) is 12.1. The molecule has 3 heterocycles. The van der Waals surface area contributed by atoms with Gasteiger partial charge in [0.1, 0.15) is 6.54 Å². The SMILES string of the molecule is Cc1cccc(NC(=O)CSc2nnc3n(CC(=O)N4CCCC4)c4ccccc4n23)c1C. The molecular formula is C24H26N6O2S. The number of nitrogens with zero attached hydrogens (tertiary/aromatic N) is 5. The molecular weight excluding hydrogens is 436 g/mol. The Balaban J connectivity index is 1.39. The van der Waals surface area contributed by atoms with Crippen LogP contribution in [-0.4, -0.2) is 54.7 Å². The number of nitrogens with one attached hydrogen (secondary N) is 1. The smallest absolute Gasteiger partial charge is 0.242 e. The second-order valence-corrected chi connectivity index (χ2v) is 9.31. The van der Waals surface area contributed by atoms with Crippen LogP contribution in [0, 0.1) is 13.8 Å². The Morgan fingerprint density at radius 1 is 1.00 bits per heavy atom. The number of benzene rings is 2. The average molecular weight is 463 g/mol. The molecule has 1 aliphatic rings. The highest BCUT2D eigenvalue weighted by Gasteiger charge is 2.23. The summed E-state index contributed by atoms with van der Waals surface area (Å²) in [6.45, 7) is 5.89. The molecule has 2 aromatic carbocycles. The first kappa shape index (κ1) is 21.5. The lowest BCUT2D eigenvalue weighted by molar-refractivity contribution is -0.130. The standard InChI is InChI=1S/C24H26N6O2S/c1-16-8-7-9-18(17(16)2)25-21(31)15-33-24-27-26-23-29(14-22(32)28-12-5-6-13-28)19-10-3-4-11-20(19)30(23)24/h3-4,7-11H,5-6,12-15H2,1-2H3,(H,25,31). The molecule has 170 valence electrons. The maximum absolute atomic E-state index is 12.8. The number of thioether (sulfide) groups is 1. The van der Waals surface area contributed by atoms with Gasteiger partial charge in [0.2, 0.25) is 17.6 Å². The highest BCUT2D eigenvalue weighted by Crippen LogP contribution is 2.27. The molecule has 2 aromatic heterocycles. The molecule has 0 bridgehead atoms. The summed E-state index contributed by atoms with van der Waals surface area (Å²) in [5.41, 5.74) is 4.87. The van der Waals surface area contributed by atoms with Gasteiger partial charge in [-0.3, -0.25) is 18.6 Å². The van der Waals surface area contributed by atoms with Gasteiger partial charge in [0.05, 0.1) is 16.8 Å². The summed E-state index contributed by atoms with van der Waals surface area (Å²) in [6.07, 6.45) is 2.12. The summed E-state index contributed by atoms with van der Waals surface area (Å²) >= 11 is 1.33. The lowest BCUT2D eigenvalue weighted by atomic mass is 10.1. The second-order valence-electron chi connectivity index (χ2n) is 8.37. The van der Waals surface area contributed by atoms with Gasteiger partial charge in [-0.15, -0.1) is 10.2 Å². The Morgan fingerprint density at radius 3 is 2.55 bits per heavy atom. The van der Waals surface area contributed by atoms with E-state index in [9.17, 15) is 9.59 Å². The minimum absolute atomic E-state index is 0.0980. The van der Waals surface area contributed by atoms with Crippen LogP contribution in [0.5, 0.6) is 0 Å². The summed E-state index contributed by atoms with van der Waals surface area (Å²) < 4.78 is 3.85. The monoisotopic (exact) mass is 462 g/mol. The van der Waals surface area contributed by atoms with Crippen LogP contribution >= 0.6 is 11.8 Å². The first-order chi connectivity index (χ1) is 16.0. The Morgan fingerprint density at radius 2 is 1.76 bits per heavy atom. The van der Waals surface area contributed by atoms with E-state index in [2.05, 4.69) is 15.5 Å². The van der Waals surface area contributed by atoms with Crippen LogP contribution in [0.2, 0.25) is 0 Å². The summed E-state index contributed by atoms with van der Waals surface area (Å²) in [4.78, 5) is 27.4. The van der Waals surface area contributed by atoms with Crippen LogP contribution in [0.15, 0.2) is 47.6 Å². The van der Waals surface area contributed by atoms with E-state index in [0.717, 1.165) is 53.8 Å². The first-order valence-electron chi connectivity index (χ1n) is 11.1. The van der Waals surface area contributed by atoms with Gasteiger partial charge in [0, 0.05) is 18.8 Å². The quantitative estimate of drug-likeness (QED) is 0.442. The highest BCUT2D eigenvalue weighted by molar-refractivity contribution is 7.99. The normalized spacial score (nSPS) is 13.8. The largest absolute Gasteiger partial charge is 0.341 e. The van der Waals surface area contributed by atoms with Gasteiger partial charge < -0.3 is 10.2 Å². The molecule has 0 spiro atoms. The Hall–Kier alpha value is -3.33. The number of amides is 2. The number of para-hydroxylation sites is 2. The Labute approximate surface area is 196 Å². The minimum atomic E-state index is -0.0987. The van der Waals surface area contributed by atoms with Crippen LogP contribution in [0.4, 0.5) is 5.69 Å². The third-order valence-corrected chi connectivity index (χ3v) is 7.16. The number of hydrogen-bond acceptors (Lipinski definition) is 5. The molecule has 5 rings (SSSR count). The van der Waals surface area contributed by atoms with Gasteiger partial charge in [-0.25, -0.2) is 0 Å². The molecule has 0 radical (unpaired) electrons. The van der Waals surface area contributed by atoms with Crippen LogP contribution in [0.1, 0.15) is 24.0 Å². The molecule has 4 aromatic rings. The third kappa shape index (κ3) is 4.08. The fourth-order valence-electron chi connectivity index (χ4n) is 4.29. The number of likely N-dealkylation sites (tertiary alicyclic amines) is 1. The lowest BCUT2D eigenvalue weighted by Gasteiger charge is -2.15. The molecule has 1 fully saturated rings. The van der Waals surface area contributed by atoms with E-state index in [1.807, 2.05) is 70.2 Å².